The summed E-state index contributed by atoms with van der Waals surface area (Å²) in [6, 6.07) is 8.72. The lowest BCUT2D eigenvalue weighted by atomic mass is 9.93. The maximum Gasteiger partial charge on any atom is 0.148 e. The quantitative estimate of drug-likeness (QED) is 0.792. The van der Waals surface area contributed by atoms with E-state index in [1.807, 2.05) is 6.07 Å². The Labute approximate surface area is 134 Å². The minimum Gasteiger partial charge on any atom is -0.348 e. The lowest BCUT2D eigenvalue weighted by Gasteiger charge is -2.36. The molecule has 22 heavy (non-hydrogen) atoms. The molecule has 1 unspecified atom stereocenters. The van der Waals surface area contributed by atoms with Gasteiger partial charge in [-0.1, -0.05) is 17.7 Å². The molecule has 0 radical (unpaired) electrons. The van der Waals surface area contributed by atoms with Crippen LogP contribution in [0.5, 0.6) is 0 Å². The Morgan fingerprint density at radius 2 is 2.18 bits per heavy atom. The van der Waals surface area contributed by atoms with Gasteiger partial charge in [0.1, 0.15) is 17.7 Å². The first-order valence-electron chi connectivity index (χ1n) is 7.13. The Hall–Kier alpha value is -2.12. The van der Waals surface area contributed by atoms with E-state index in [1.165, 1.54) is 6.07 Å². The van der Waals surface area contributed by atoms with Crippen LogP contribution in [0.1, 0.15) is 35.3 Å². The molecule has 0 aliphatic carbocycles. The number of nitriles is 1. The molecule has 0 fully saturated rings. The molecule has 0 saturated heterocycles. The van der Waals surface area contributed by atoms with Gasteiger partial charge in [-0.2, -0.15) is 5.26 Å². The topological polar surface area (TPSA) is 39.9 Å². The third-order valence-corrected chi connectivity index (χ3v) is 4.46. The van der Waals surface area contributed by atoms with E-state index in [4.69, 9.17) is 16.9 Å². The van der Waals surface area contributed by atoms with E-state index in [0.717, 1.165) is 24.1 Å². The molecule has 0 amide bonds. The summed E-state index contributed by atoms with van der Waals surface area (Å²) in [5.74, 6) is 0.477. The van der Waals surface area contributed by atoms with Crippen LogP contribution in [0.4, 0.5) is 10.2 Å². The van der Waals surface area contributed by atoms with Crippen LogP contribution in [0.15, 0.2) is 24.3 Å². The molecular weight excluding hydrogens is 301 g/mol. The van der Waals surface area contributed by atoms with E-state index in [2.05, 4.69) is 22.9 Å². The summed E-state index contributed by atoms with van der Waals surface area (Å²) in [6.07, 6.45) is 0.745. The van der Waals surface area contributed by atoms with Crippen molar-refractivity contribution in [2.45, 2.75) is 26.3 Å². The second-order valence-electron chi connectivity index (χ2n) is 5.50. The molecule has 1 aliphatic heterocycles. The van der Waals surface area contributed by atoms with Gasteiger partial charge >= 0.3 is 0 Å². The van der Waals surface area contributed by atoms with Gasteiger partial charge in [-0.05, 0) is 49.6 Å². The molecule has 2 heterocycles. The predicted molar refractivity (Wildman–Crippen MR) is 84.6 cm³/mol. The Morgan fingerprint density at radius 3 is 2.91 bits per heavy atom. The average molecular weight is 316 g/mol. The van der Waals surface area contributed by atoms with Gasteiger partial charge in [0.05, 0.1) is 22.3 Å². The minimum atomic E-state index is -0.204. The van der Waals surface area contributed by atoms with Gasteiger partial charge in [-0.15, -0.1) is 0 Å². The summed E-state index contributed by atoms with van der Waals surface area (Å²) in [7, 11) is 0. The molecule has 1 aromatic carbocycles. The van der Waals surface area contributed by atoms with Crippen molar-refractivity contribution in [3.8, 4) is 6.07 Å². The second kappa shape index (κ2) is 5.58. The zero-order chi connectivity index (χ0) is 15.9. The molecule has 0 saturated carbocycles. The van der Waals surface area contributed by atoms with E-state index < -0.39 is 0 Å². The lowest BCUT2D eigenvalue weighted by Crippen LogP contribution is -2.35. The maximum atomic E-state index is 13.4. The van der Waals surface area contributed by atoms with Gasteiger partial charge in [-0.25, -0.2) is 9.37 Å². The third-order valence-electron chi connectivity index (χ3n) is 4.19. The van der Waals surface area contributed by atoms with Crippen molar-refractivity contribution >= 4 is 17.4 Å². The summed E-state index contributed by atoms with van der Waals surface area (Å²) >= 11 is 6.32. The number of aryl methyl sites for hydroxylation is 1. The summed E-state index contributed by atoms with van der Waals surface area (Å²) in [6.45, 7) is 4.58. The number of rotatable bonds is 1. The number of aromatic nitrogens is 1. The molecule has 2 aromatic rings. The normalized spacial score (nSPS) is 17.0. The maximum absolute atomic E-state index is 13.4. The monoisotopic (exact) mass is 315 g/mol. The standard InChI is InChI=1S/C17H15ClFN3/c1-10-13(9-20)8-16(18)17(21-10)22-6-5-12-7-14(19)3-4-15(12)11(22)2/h3-4,7-8,11H,5-6H2,1-2H3. The summed E-state index contributed by atoms with van der Waals surface area (Å²) < 4.78 is 13.4. The Balaban J connectivity index is 2.03. The first-order chi connectivity index (χ1) is 10.5. The highest BCUT2D eigenvalue weighted by Gasteiger charge is 2.27. The van der Waals surface area contributed by atoms with Gasteiger partial charge in [0.25, 0.3) is 0 Å². The molecule has 5 heteroatoms. The molecule has 0 spiro atoms. The Bertz CT molecular complexity index is 782. The Kier molecular flexibility index (Phi) is 3.76. The molecule has 3 nitrogen and oxygen atoms in total. The van der Waals surface area contributed by atoms with Crippen molar-refractivity contribution in [2.75, 3.05) is 11.4 Å². The number of halogens is 2. The van der Waals surface area contributed by atoms with Crippen LogP contribution in [0, 0.1) is 24.1 Å². The molecular formula is C17H15ClFN3. The zero-order valence-electron chi connectivity index (χ0n) is 12.4. The van der Waals surface area contributed by atoms with Crippen LogP contribution in [0.25, 0.3) is 0 Å². The smallest absolute Gasteiger partial charge is 0.148 e. The minimum absolute atomic E-state index is 0.0571. The SMILES string of the molecule is Cc1nc(N2CCc3cc(F)ccc3C2C)c(Cl)cc1C#N. The first-order valence-corrected chi connectivity index (χ1v) is 7.51. The highest BCUT2D eigenvalue weighted by Crippen LogP contribution is 2.36. The predicted octanol–water partition coefficient (Wildman–Crippen LogP) is 4.18. The van der Waals surface area contributed by atoms with Crippen LogP contribution in [-0.2, 0) is 6.42 Å². The highest BCUT2D eigenvalue weighted by molar-refractivity contribution is 6.33. The first kappa shape index (κ1) is 14.8. The van der Waals surface area contributed by atoms with Gasteiger partial charge in [0.15, 0.2) is 0 Å². The number of anilines is 1. The summed E-state index contributed by atoms with van der Waals surface area (Å²) in [4.78, 5) is 6.61. The zero-order valence-corrected chi connectivity index (χ0v) is 13.2. The molecule has 1 atom stereocenters. The summed E-state index contributed by atoms with van der Waals surface area (Å²) in [5.41, 5.74) is 3.28. The number of hydrogen-bond donors (Lipinski definition) is 0. The molecule has 0 bridgehead atoms. The third kappa shape index (κ3) is 2.42. The largest absolute Gasteiger partial charge is 0.348 e. The van der Waals surface area contributed by atoms with Crippen LogP contribution >= 0.6 is 11.6 Å². The van der Waals surface area contributed by atoms with E-state index in [1.54, 1.807) is 19.1 Å². The lowest BCUT2D eigenvalue weighted by molar-refractivity contribution is 0.594. The molecule has 0 N–H and O–H groups in total. The van der Waals surface area contributed by atoms with Gasteiger partial charge in [-0.3, -0.25) is 0 Å². The van der Waals surface area contributed by atoms with Crippen molar-refractivity contribution in [1.82, 2.24) is 4.98 Å². The number of pyridine rings is 1. The van der Waals surface area contributed by atoms with Crippen molar-refractivity contribution in [3.63, 3.8) is 0 Å². The average Bonchev–Trinajstić information content (AvgIpc) is 2.50. The van der Waals surface area contributed by atoms with Gasteiger partial charge in [0, 0.05) is 6.54 Å². The van der Waals surface area contributed by atoms with Crippen LogP contribution in [0.2, 0.25) is 5.02 Å². The number of nitrogens with zero attached hydrogens (tertiary/aromatic N) is 3. The van der Waals surface area contributed by atoms with Gasteiger partial charge in [0.2, 0.25) is 0 Å². The van der Waals surface area contributed by atoms with E-state index >= 15 is 0 Å². The number of benzene rings is 1. The Morgan fingerprint density at radius 1 is 1.41 bits per heavy atom. The number of fused-ring (bicyclic) bond motifs is 1. The van der Waals surface area contributed by atoms with E-state index in [0.29, 0.717) is 22.1 Å². The van der Waals surface area contributed by atoms with Crippen molar-refractivity contribution in [3.05, 3.63) is 57.5 Å². The fourth-order valence-corrected chi connectivity index (χ4v) is 3.23. The fraction of sp³-hybridized carbons (Fsp3) is 0.294. The number of hydrogen-bond acceptors (Lipinski definition) is 3. The van der Waals surface area contributed by atoms with Crippen molar-refractivity contribution in [1.29, 1.82) is 5.26 Å². The van der Waals surface area contributed by atoms with Crippen LogP contribution in [0.3, 0.4) is 0 Å². The van der Waals surface area contributed by atoms with Crippen LogP contribution in [-0.4, -0.2) is 11.5 Å². The van der Waals surface area contributed by atoms with Crippen LogP contribution < -0.4 is 4.90 Å². The van der Waals surface area contributed by atoms with E-state index in [9.17, 15) is 4.39 Å². The van der Waals surface area contributed by atoms with E-state index in [-0.39, 0.29) is 11.9 Å². The fourth-order valence-electron chi connectivity index (χ4n) is 2.97. The summed E-state index contributed by atoms with van der Waals surface area (Å²) in [5, 5.41) is 9.53. The molecule has 112 valence electrons. The molecule has 1 aromatic heterocycles. The second-order valence-corrected chi connectivity index (χ2v) is 5.91. The van der Waals surface area contributed by atoms with Gasteiger partial charge < -0.3 is 4.90 Å². The van der Waals surface area contributed by atoms with Crippen molar-refractivity contribution < 1.29 is 4.39 Å². The highest BCUT2D eigenvalue weighted by atomic mass is 35.5. The molecule has 1 aliphatic rings. The molecule has 3 rings (SSSR count). The van der Waals surface area contributed by atoms with Crippen molar-refractivity contribution in [2.24, 2.45) is 0 Å².